The molecule has 6 heteroatoms. The SMILES string of the molecule is NC(=O)[C@H](CC[S@@](=O)c1ccccc1)NC(=O)c1ccccc1. The molecule has 120 valence electrons. The normalized spacial score (nSPS) is 13.0. The summed E-state index contributed by atoms with van der Waals surface area (Å²) < 4.78 is 12.2. The molecule has 0 unspecified atom stereocenters. The minimum absolute atomic E-state index is 0.218. The summed E-state index contributed by atoms with van der Waals surface area (Å²) in [6.45, 7) is 0. The molecule has 23 heavy (non-hydrogen) atoms. The van der Waals surface area contributed by atoms with Crippen molar-refractivity contribution in [3.63, 3.8) is 0 Å². The van der Waals surface area contributed by atoms with E-state index in [4.69, 9.17) is 5.73 Å². The van der Waals surface area contributed by atoms with Crippen molar-refractivity contribution in [3.8, 4) is 0 Å². The van der Waals surface area contributed by atoms with Gasteiger partial charge in [0.25, 0.3) is 5.91 Å². The molecule has 2 rings (SSSR count). The van der Waals surface area contributed by atoms with Crippen LogP contribution in [0.4, 0.5) is 0 Å². The predicted octanol–water partition coefficient (Wildman–Crippen LogP) is 1.47. The number of rotatable bonds is 7. The molecule has 2 amide bonds. The highest BCUT2D eigenvalue weighted by molar-refractivity contribution is 7.85. The van der Waals surface area contributed by atoms with E-state index < -0.39 is 22.7 Å². The Morgan fingerprint density at radius 2 is 1.57 bits per heavy atom. The lowest BCUT2D eigenvalue weighted by molar-refractivity contribution is -0.119. The Morgan fingerprint density at radius 3 is 2.13 bits per heavy atom. The molecule has 5 nitrogen and oxygen atoms in total. The third-order valence-corrected chi connectivity index (χ3v) is 4.69. The average Bonchev–Trinajstić information content (AvgIpc) is 2.59. The van der Waals surface area contributed by atoms with Crippen LogP contribution in [0.25, 0.3) is 0 Å². The van der Waals surface area contributed by atoms with Crippen molar-refractivity contribution in [1.29, 1.82) is 0 Å². The Morgan fingerprint density at radius 1 is 1.00 bits per heavy atom. The molecule has 3 N–H and O–H groups in total. The lowest BCUT2D eigenvalue weighted by Crippen LogP contribution is -2.45. The van der Waals surface area contributed by atoms with E-state index in [9.17, 15) is 13.8 Å². The van der Waals surface area contributed by atoms with Gasteiger partial charge in [0, 0.05) is 16.2 Å². The van der Waals surface area contributed by atoms with Crippen LogP contribution in [0, 0.1) is 0 Å². The van der Waals surface area contributed by atoms with Crippen LogP contribution in [0.2, 0.25) is 0 Å². The van der Waals surface area contributed by atoms with E-state index in [2.05, 4.69) is 5.32 Å². The van der Waals surface area contributed by atoms with Crippen LogP contribution in [0.3, 0.4) is 0 Å². The van der Waals surface area contributed by atoms with E-state index in [0.29, 0.717) is 10.5 Å². The van der Waals surface area contributed by atoms with Gasteiger partial charge < -0.3 is 11.1 Å². The zero-order valence-electron chi connectivity index (χ0n) is 12.5. The van der Waals surface area contributed by atoms with Crippen LogP contribution >= 0.6 is 0 Å². The van der Waals surface area contributed by atoms with Gasteiger partial charge in [0.05, 0.1) is 10.8 Å². The Balaban J connectivity index is 1.96. The molecule has 0 bridgehead atoms. The maximum Gasteiger partial charge on any atom is 0.251 e. The highest BCUT2D eigenvalue weighted by atomic mass is 32.2. The van der Waals surface area contributed by atoms with Crippen molar-refractivity contribution in [2.24, 2.45) is 5.73 Å². The number of benzene rings is 2. The fourth-order valence-electron chi connectivity index (χ4n) is 2.03. The number of primary amides is 1. The molecule has 0 radical (unpaired) electrons. The molecule has 0 fully saturated rings. The van der Waals surface area contributed by atoms with E-state index in [0.717, 1.165) is 0 Å². The van der Waals surface area contributed by atoms with E-state index in [1.54, 1.807) is 54.6 Å². The van der Waals surface area contributed by atoms with Crippen molar-refractivity contribution in [2.45, 2.75) is 17.4 Å². The number of nitrogens with one attached hydrogen (secondary N) is 1. The van der Waals surface area contributed by atoms with Crippen molar-refractivity contribution < 1.29 is 13.8 Å². The first kappa shape index (κ1) is 16.9. The first-order chi connectivity index (χ1) is 11.1. The minimum Gasteiger partial charge on any atom is -0.368 e. The highest BCUT2D eigenvalue weighted by Gasteiger charge is 2.20. The van der Waals surface area contributed by atoms with Gasteiger partial charge in [-0.25, -0.2) is 0 Å². The molecule has 0 saturated carbocycles. The lowest BCUT2D eigenvalue weighted by Gasteiger charge is -2.15. The molecule has 2 aromatic rings. The molecule has 2 atom stereocenters. The summed E-state index contributed by atoms with van der Waals surface area (Å²) in [7, 11) is -1.24. The average molecular weight is 330 g/mol. The van der Waals surface area contributed by atoms with Crippen molar-refractivity contribution >= 4 is 22.6 Å². The van der Waals surface area contributed by atoms with Gasteiger partial charge in [-0.3, -0.25) is 13.8 Å². The number of carbonyl (C=O) groups is 2. The smallest absolute Gasteiger partial charge is 0.251 e. The number of hydrogen-bond donors (Lipinski definition) is 2. The number of nitrogens with two attached hydrogens (primary N) is 1. The van der Waals surface area contributed by atoms with Crippen LogP contribution < -0.4 is 11.1 Å². The first-order valence-electron chi connectivity index (χ1n) is 7.16. The third-order valence-electron chi connectivity index (χ3n) is 3.28. The second kappa shape index (κ2) is 8.24. The zero-order chi connectivity index (χ0) is 16.7. The zero-order valence-corrected chi connectivity index (χ0v) is 13.3. The summed E-state index contributed by atoms with van der Waals surface area (Å²) in [4.78, 5) is 24.3. The molecule has 0 heterocycles. The van der Waals surface area contributed by atoms with Gasteiger partial charge in [-0.15, -0.1) is 0 Å². The fourth-order valence-corrected chi connectivity index (χ4v) is 3.18. The number of carbonyl (C=O) groups excluding carboxylic acids is 2. The van der Waals surface area contributed by atoms with Crippen molar-refractivity contribution in [1.82, 2.24) is 5.32 Å². The van der Waals surface area contributed by atoms with Crippen LogP contribution in [0.15, 0.2) is 65.6 Å². The van der Waals surface area contributed by atoms with Gasteiger partial charge in [0.2, 0.25) is 5.91 Å². The van der Waals surface area contributed by atoms with Crippen molar-refractivity contribution in [2.75, 3.05) is 5.75 Å². The van der Waals surface area contributed by atoms with E-state index in [1.807, 2.05) is 6.07 Å². The van der Waals surface area contributed by atoms with Gasteiger partial charge in [-0.1, -0.05) is 36.4 Å². The molecule has 0 spiro atoms. The lowest BCUT2D eigenvalue weighted by atomic mass is 10.1. The number of amides is 2. The van der Waals surface area contributed by atoms with Crippen molar-refractivity contribution in [3.05, 3.63) is 66.2 Å². The second-order valence-electron chi connectivity index (χ2n) is 4.95. The van der Waals surface area contributed by atoms with Crippen LogP contribution in [0.5, 0.6) is 0 Å². The molecule has 0 aromatic heterocycles. The maximum atomic E-state index is 12.2. The number of hydrogen-bond acceptors (Lipinski definition) is 3. The Hall–Kier alpha value is -2.47. The molecule has 0 saturated heterocycles. The van der Waals surface area contributed by atoms with Crippen LogP contribution in [-0.4, -0.2) is 27.8 Å². The van der Waals surface area contributed by atoms with E-state index >= 15 is 0 Å². The summed E-state index contributed by atoms with van der Waals surface area (Å²) in [6, 6.07) is 16.7. The highest BCUT2D eigenvalue weighted by Crippen LogP contribution is 2.08. The largest absolute Gasteiger partial charge is 0.368 e. The van der Waals surface area contributed by atoms with Crippen LogP contribution in [0.1, 0.15) is 16.8 Å². The molecule has 0 aliphatic rings. The first-order valence-corrected chi connectivity index (χ1v) is 8.48. The second-order valence-corrected chi connectivity index (χ2v) is 6.52. The molecule has 0 aliphatic heterocycles. The summed E-state index contributed by atoms with van der Waals surface area (Å²) in [5, 5.41) is 2.59. The molecular weight excluding hydrogens is 312 g/mol. The van der Waals surface area contributed by atoms with E-state index in [1.165, 1.54) is 0 Å². The standard InChI is InChI=1S/C17H18N2O3S/c18-16(20)15(19-17(21)13-7-3-1-4-8-13)11-12-23(22)14-9-5-2-6-10-14/h1-10,15H,11-12H2,(H2,18,20)(H,19,21)/t15-,23+/m0/s1. The summed E-state index contributed by atoms with van der Waals surface area (Å²) in [5.41, 5.74) is 5.78. The summed E-state index contributed by atoms with van der Waals surface area (Å²) in [6.07, 6.45) is 0.218. The van der Waals surface area contributed by atoms with E-state index in [-0.39, 0.29) is 18.1 Å². The summed E-state index contributed by atoms with van der Waals surface area (Å²) >= 11 is 0. The predicted molar refractivity (Wildman–Crippen MR) is 89.2 cm³/mol. The molecule has 0 aliphatic carbocycles. The summed E-state index contributed by atoms with van der Waals surface area (Å²) in [5.74, 6) is -0.772. The topological polar surface area (TPSA) is 89.3 Å². The van der Waals surface area contributed by atoms with Gasteiger partial charge in [0.15, 0.2) is 0 Å². The fraction of sp³-hybridized carbons (Fsp3) is 0.176. The minimum atomic E-state index is -1.24. The van der Waals surface area contributed by atoms with Gasteiger partial charge in [-0.05, 0) is 30.7 Å². The maximum absolute atomic E-state index is 12.2. The Labute approximate surface area is 137 Å². The Kier molecular flexibility index (Phi) is 6.05. The Bertz CT molecular complexity index is 689. The van der Waals surface area contributed by atoms with Gasteiger partial charge in [-0.2, -0.15) is 0 Å². The third kappa shape index (κ3) is 5.03. The van der Waals surface area contributed by atoms with Gasteiger partial charge in [0.1, 0.15) is 6.04 Å². The van der Waals surface area contributed by atoms with Gasteiger partial charge >= 0.3 is 0 Å². The quantitative estimate of drug-likeness (QED) is 0.805. The van der Waals surface area contributed by atoms with Crippen LogP contribution in [-0.2, 0) is 15.6 Å². The monoisotopic (exact) mass is 330 g/mol. The molecule has 2 aromatic carbocycles. The molecular formula is C17H18N2O3S.